The van der Waals surface area contributed by atoms with Crippen molar-refractivity contribution in [1.29, 1.82) is 0 Å². The van der Waals surface area contributed by atoms with Crippen LogP contribution in [0.2, 0.25) is 5.02 Å². The van der Waals surface area contributed by atoms with Gasteiger partial charge in [0, 0.05) is 5.02 Å². The topological polar surface area (TPSA) is 0 Å². The van der Waals surface area contributed by atoms with Gasteiger partial charge >= 0.3 is 0 Å². The van der Waals surface area contributed by atoms with E-state index in [4.69, 9.17) is 11.6 Å². The zero-order valence-electron chi connectivity index (χ0n) is 14.3. The summed E-state index contributed by atoms with van der Waals surface area (Å²) in [7, 11) is -1.10. The molecule has 0 heterocycles. The summed E-state index contributed by atoms with van der Waals surface area (Å²) < 4.78 is 0. The van der Waals surface area contributed by atoms with E-state index in [0.29, 0.717) is 0 Å². The number of halogens is 1. The van der Waals surface area contributed by atoms with Gasteiger partial charge in [-0.05, 0) is 28.4 Å². The van der Waals surface area contributed by atoms with Crippen LogP contribution in [0.3, 0.4) is 0 Å². The van der Waals surface area contributed by atoms with Crippen LogP contribution in [0.15, 0.2) is 109 Å². The Kier molecular flexibility index (Phi) is 5.01. The highest BCUT2D eigenvalue weighted by Gasteiger charge is 2.22. The van der Waals surface area contributed by atoms with Crippen LogP contribution in [0, 0.1) is 0 Å². The number of benzene rings is 4. The number of hydrogen-bond acceptors (Lipinski definition) is 0. The smallest absolute Gasteiger partial charge is 0.0843 e. The van der Waals surface area contributed by atoms with Crippen molar-refractivity contribution in [2.45, 2.75) is 0 Å². The van der Waals surface area contributed by atoms with Crippen molar-refractivity contribution in [2.24, 2.45) is 0 Å². The average molecular weight is 370 g/mol. The molecule has 0 atom stereocenters. The van der Waals surface area contributed by atoms with Crippen molar-refractivity contribution in [2.75, 3.05) is 0 Å². The van der Waals surface area contributed by atoms with Crippen LogP contribution < -0.4 is 15.6 Å². The number of hydrogen-bond donors (Lipinski definition) is 0. The summed E-state index contributed by atoms with van der Waals surface area (Å²) in [5.74, 6) is 0. The average Bonchev–Trinajstić information content (AvgIpc) is 2.71. The molecule has 0 unspecified atom stereocenters. The van der Waals surface area contributed by atoms with Crippen LogP contribution in [0.1, 0.15) is 0 Å². The molecule has 0 N–H and O–H groups in total. The van der Waals surface area contributed by atoms with Crippen molar-refractivity contribution in [3.8, 4) is 11.1 Å². The van der Waals surface area contributed by atoms with Crippen molar-refractivity contribution < 1.29 is 0 Å². The Morgan fingerprint density at radius 2 is 1.00 bits per heavy atom. The van der Waals surface area contributed by atoms with Crippen LogP contribution in [-0.2, 0) is 0 Å². The highest BCUT2D eigenvalue weighted by molar-refractivity contribution is 6.96. The van der Waals surface area contributed by atoms with Crippen LogP contribution in [-0.4, -0.2) is 8.80 Å². The normalized spacial score (nSPS) is 10.8. The van der Waals surface area contributed by atoms with Gasteiger partial charge in [-0.25, -0.2) is 0 Å². The van der Waals surface area contributed by atoms with E-state index in [-0.39, 0.29) is 0 Å². The molecule has 0 bridgehead atoms. The predicted octanol–water partition coefficient (Wildman–Crippen LogP) is 4.52. The third-order valence-electron chi connectivity index (χ3n) is 4.48. The molecule has 1 radical (unpaired) electrons. The van der Waals surface area contributed by atoms with Crippen molar-refractivity contribution in [1.82, 2.24) is 0 Å². The van der Waals surface area contributed by atoms with E-state index in [1.807, 2.05) is 12.1 Å². The van der Waals surface area contributed by atoms with E-state index in [9.17, 15) is 0 Å². The molecule has 0 saturated heterocycles. The molecule has 0 nitrogen and oxygen atoms in total. The molecule has 0 saturated carbocycles. The first-order valence-corrected chi connectivity index (χ1v) is 10.5. The lowest BCUT2D eigenvalue weighted by molar-refractivity contribution is 1.64. The highest BCUT2D eigenvalue weighted by atomic mass is 35.5. The summed E-state index contributed by atoms with van der Waals surface area (Å²) >= 11 is 6.10. The first-order chi connectivity index (χ1) is 12.8. The Morgan fingerprint density at radius 3 is 1.58 bits per heavy atom. The lowest BCUT2D eigenvalue weighted by Gasteiger charge is -2.20. The zero-order valence-corrected chi connectivity index (χ0v) is 16.0. The Labute approximate surface area is 161 Å². The molecule has 0 aromatic heterocycles. The third-order valence-corrected chi connectivity index (χ3v) is 7.52. The maximum atomic E-state index is 6.10. The van der Waals surface area contributed by atoms with Crippen LogP contribution in [0.4, 0.5) is 0 Å². The summed E-state index contributed by atoms with van der Waals surface area (Å²) in [4.78, 5) is 0. The maximum absolute atomic E-state index is 6.10. The van der Waals surface area contributed by atoms with E-state index in [1.54, 1.807) is 0 Å². The van der Waals surface area contributed by atoms with Gasteiger partial charge in [0.15, 0.2) is 8.80 Å². The predicted molar refractivity (Wildman–Crippen MR) is 114 cm³/mol. The quantitative estimate of drug-likeness (QED) is 0.366. The van der Waals surface area contributed by atoms with E-state index in [0.717, 1.165) is 5.02 Å². The second kappa shape index (κ2) is 7.73. The van der Waals surface area contributed by atoms with E-state index in [1.165, 1.54) is 26.7 Å². The molecule has 26 heavy (non-hydrogen) atoms. The standard InChI is InChI=1S/C24H18ClSi/c25-20-17-15-19(16-18-20)23-13-7-8-14-24(23)26(21-9-3-1-4-10-21)22-11-5-2-6-12-22/h1-18H. The lowest BCUT2D eigenvalue weighted by Crippen LogP contribution is -2.52. The Morgan fingerprint density at radius 1 is 0.500 bits per heavy atom. The van der Waals surface area contributed by atoms with E-state index in [2.05, 4.69) is 97.1 Å². The van der Waals surface area contributed by atoms with E-state index < -0.39 is 8.80 Å². The Hall–Kier alpha value is -2.61. The summed E-state index contributed by atoms with van der Waals surface area (Å²) in [5, 5.41) is 4.95. The summed E-state index contributed by atoms with van der Waals surface area (Å²) in [6.45, 7) is 0. The second-order valence-corrected chi connectivity index (χ2v) is 9.04. The summed E-state index contributed by atoms with van der Waals surface area (Å²) in [6, 6.07) is 38.6. The zero-order chi connectivity index (χ0) is 17.8. The van der Waals surface area contributed by atoms with Crippen LogP contribution >= 0.6 is 11.6 Å². The molecule has 0 aliphatic heterocycles. The Bertz CT molecular complexity index is 940. The Balaban J connectivity index is 1.91. The van der Waals surface area contributed by atoms with Gasteiger partial charge in [-0.15, -0.1) is 0 Å². The van der Waals surface area contributed by atoms with Gasteiger partial charge in [-0.2, -0.15) is 0 Å². The third kappa shape index (κ3) is 3.50. The molecule has 4 aromatic rings. The fourth-order valence-corrected chi connectivity index (χ4v) is 6.16. The molecule has 0 fully saturated rings. The fourth-order valence-electron chi connectivity index (χ4n) is 3.27. The minimum Gasteiger partial charge on any atom is -0.0843 e. The minimum absolute atomic E-state index is 0.767. The lowest BCUT2D eigenvalue weighted by atomic mass is 10.1. The van der Waals surface area contributed by atoms with Gasteiger partial charge in [0.2, 0.25) is 0 Å². The highest BCUT2D eigenvalue weighted by Crippen LogP contribution is 2.20. The molecular formula is C24H18ClSi. The molecule has 2 heteroatoms. The fraction of sp³-hybridized carbons (Fsp3) is 0. The first kappa shape index (κ1) is 16.8. The van der Waals surface area contributed by atoms with Gasteiger partial charge in [0.05, 0.1) is 0 Å². The summed E-state index contributed by atoms with van der Waals surface area (Å²) in [6.07, 6.45) is 0. The molecule has 0 amide bonds. The van der Waals surface area contributed by atoms with Crippen LogP contribution in [0.25, 0.3) is 11.1 Å². The van der Waals surface area contributed by atoms with Crippen molar-refractivity contribution in [3.05, 3.63) is 114 Å². The maximum Gasteiger partial charge on any atom is 0.155 e. The molecule has 0 aliphatic carbocycles. The van der Waals surface area contributed by atoms with Crippen molar-refractivity contribution >= 4 is 36.0 Å². The molecular weight excluding hydrogens is 352 g/mol. The molecule has 0 spiro atoms. The molecule has 0 aliphatic rings. The van der Waals surface area contributed by atoms with Gasteiger partial charge < -0.3 is 0 Å². The monoisotopic (exact) mass is 369 g/mol. The molecule has 4 rings (SSSR count). The minimum atomic E-state index is -1.10. The molecule has 125 valence electrons. The van der Waals surface area contributed by atoms with Gasteiger partial charge in [-0.3, -0.25) is 0 Å². The molecule has 4 aromatic carbocycles. The van der Waals surface area contributed by atoms with Gasteiger partial charge in [0.1, 0.15) is 0 Å². The van der Waals surface area contributed by atoms with Crippen molar-refractivity contribution in [3.63, 3.8) is 0 Å². The van der Waals surface area contributed by atoms with Gasteiger partial charge in [-0.1, -0.05) is 119 Å². The number of rotatable bonds is 4. The van der Waals surface area contributed by atoms with E-state index >= 15 is 0 Å². The second-order valence-electron chi connectivity index (χ2n) is 6.16. The largest absolute Gasteiger partial charge is 0.155 e. The summed E-state index contributed by atoms with van der Waals surface area (Å²) in [5.41, 5.74) is 2.49. The van der Waals surface area contributed by atoms with Crippen LogP contribution in [0.5, 0.6) is 0 Å². The SMILES string of the molecule is Clc1ccc(-c2ccccc2[Si](c2ccccc2)c2ccccc2)cc1. The first-order valence-electron chi connectivity index (χ1n) is 8.66. The van der Waals surface area contributed by atoms with Gasteiger partial charge in [0.25, 0.3) is 0 Å².